The monoisotopic (exact) mass is 402 g/mol. The molecule has 1 aliphatic rings. The SMILES string of the molecule is N[C@H]1CCN(c2nc3c(cc2F)c(=O)c(C(=O)O)cn3C(CF)(CF)CF)C1. The maximum atomic E-state index is 14.6. The number of rotatable bonds is 6. The van der Waals surface area contributed by atoms with Crippen LogP contribution in [0.4, 0.5) is 23.4 Å². The van der Waals surface area contributed by atoms with Gasteiger partial charge in [0.15, 0.2) is 11.6 Å². The van der Waals surface area contributed by atoms with Crippen molar-refractivity contribution in [2.45, 2.75) is 18.0 Å². The van der Waals surface area contributed by atoms with Crippen LogP contribution in [-0.4, -0.2) is 59.8 Å². The minimum absolute atomic E-state index is 0.206. The zero-order chi connectivity index (χ0) is 20.6. The van der Waals surface area contributed by atoms with Gasteiger partial charge in [-0.25, -0.2) is 27.3 Å². The Morgan fingerprint density at radius 1 is 1.32 bits per heavy atom. The number of hydrogen-bond acceptors (Lipinski definition) is 5. The van der Waals surface area contributed by atoms with Crippen LogP contribution in [0.25, 0.3) is 11.0 Å². The summed E-state index contributed by atoms with van der Waals surface area (Å²) in [6, 6.07) is 0.529. The zero-order valence-electron chi connectivity index (χ0n) is 14.7. The molecule has 3 heterocycles. The fourth-order valence-electron chi connectivity index (χ4n) is 3.23. The number of nitrogens with zero attached hydrogens (tertiary/aromatic N) is 3. The van der Waals surface area contributed by atoms with E-state index in [0.29, 0.717) is 23.7 Å². The van der Waals surface area contributed by atoms with Gasteiger partial charge in [0.1, 0.15) is 36.8 Å². The molecule has 0 radical (unpaired) electrons. The molecule has 7 nitrogen and oxygen atoms in total. The van der Waals surface area contributed by atoms with E-state index in [1.54, 1.807) is 0 Å². The summed E-state index contributed by atoms with van der Waals surface area (Å²) in [5, 5.41) is 8.72. The third kappa shape index (κ3) is 3.09. The summed E-state index contributed by atoms with van der Waals surface area (Å²) in [4.78, 5) is 29.3. The predicted molar refractivity (Wildman–Crippen MR) is 93.6 cm³/mol. The highest BCUT2D eigenvalue weighted by Gasteiger charge is 2.36. The van der Waals surface area contributed by atoms with Crippen molar-refractivity contribution in [3.63, 3.8) is 0 Å². The van der Waals surface area contributed by atoms with E-state index < -0.39 is 59.4 Å². The minimum atomic E-state index is -2.42. The van der Waals surface area contributed by atoms with E-state index in [9.17, 15) is 32.3 Å². The molecule has 1 saturated heterocycles. The van der Waals surface area contributed by atoms with Crippen LogP contribution < -0.4 is 16.1 Å². The Kier molecular flexibility index (Phi) is 5.28. The third-order valence-corrected chi connectivity index (χ3v) is 4.92. The average Bonchev–Trinajstić information content (AvgIpc) is 3.10. The molecule has 0 bridgehead atoms. The molecule has 1 atom stereocenters. The summed E-state index contributed by atoms with van der Waals surface area (Å²) in [5.41, 5.74) is 1.03. The average molecular weight is 402 g/mol. The molecular weight excluding hydrogens is 384 g/mol. The molecule has 0 saturated carbocycles. The van der Waals surface area contributed by atoms with Crippen LogP contribution in [-0.2, 0) is 5.54 Å². The molecule has 2 aromatic heterocycles. The first kappa shape index (κ1) is 20.1. The molecule has 28 heavy (non-hydrogen) atoms. The smallest absolute Gasteiger partial charge is 0.341 e. The number of aromatic nitrogens is 2. The number of nitrogens with two attached hydrogens (primary N) is 1. The quantitative estimate of drug-likeness (QED) is 0.708. The lowest BCUT2D eigenvalue weighted by molar-refractivity contribution is 0.0691. The molecule has 0 aromatic carbocycles. The Morgan fingerprint density at radius 3 is 2.46 bits per heavy atom. The molecular formula is C17H18F4N4O3. The molecule has 0 unspecified atom stereocenters. The lowest BCUT2D eigenvalue weighted by Crippen LogP contribution is -2.42. The van der Waals surface area contributed by atoms with Crippen molar-refractivity contribution in [2.24, 2.45) is 5.73 Å². The molecule has 152 valence electrons. The number of hydrogen-bond donors (Lipinski definition) is 2. The number of alkyl halides is 3. The first-order valence-corrected chi connectivity index (χ1v) is 8.46. The number of carboxylic acid groups (broad SMARTS) is 1. The van der Waals surface area contributed by atoms with Crippen molar-refractivity contribution in [2.75, 3.05) is 38.0 Å². The Bertz CT molecular complexity index is 969. The Hall–Kier alpha value is -2.69. The molecule has 0 amide bonds. The van der Waals surface area contributed by atoms with Crippen molar-refractivity contribution >= 4 is 22.8 Å². The predicted octanol–water partition coefficient (Wildman–Crippen LogP) is 1.37. The molecule has 2 aromatic rings. The molecule has 0 spiro atoms. The van der Waals surface area contributed by atoms with E-state index in [2.05, 4.69) is 4.98 Å². The number of carboxylic acids is 1. The van der Waals surface area contributed by atoms with Gasteiger partial charge < -0.3 is 20.3 Å². The number of pyridine rings is 2. The normalized spacial score (nSPS) is 17.5. The van der Waals surface area contributed by atoms with Crippen LogP contribution in [0.2, 0.25) is 0 Å². The second-order valence-electron chi connectivity index (χ2n) is 6.83. The first-order valence-electron chi connectivity index (χ1n) is 8.46. The van der Waals surface area contributed by atoms with Crippen LogP contribution in [0.3, 0.4) is 0 Å². The van der Waals surface area contributed by atoms with E-state index >= 15 is 0 Å². The maximum absolute atomic E-state index is 14.6. The van der Waals surface area contributed by atoms with Gasteiger partial charge in [0.25, 0.3) is 0 Å². The Morgan fingerprint density at radius 2 is 1.96 bits per heavy atom. The summed E-state index contributed by atoms with van der Waals surface area (Å²) in [6.45, 7) is -3.94. The van der Waals surface area contributed by atoms with E-state index in [1.807, 2.05) is 0 Å². The van der Waals surface area contributed by atoms with Gasteiger partial charge in [-0.2, -0.15) is 0 Å². The highest BCUT2D eigenvalue weighted by molar-refractivity contribution is 5.92. The van der Waals surface area contributed by atoms with Crippen LogP contribution in [0, 0.1) is 5.82 Å². The summed E-state index contributed by atoms with van der Waals surface area (Å²) in [6.07, 6.45) is 1.21. The van der Waals surface area contributed by atoms with Gasteiger partial charge in [0.2, 0.25) is 5.43 Å². The van der Waals surface area contributed by atoms with E-state index in [1.165, 1.54) is 4.90 Å². The third-order valence-electron chi connectivity index (χ3n) is 4.92. The van der Waals surface area contributed by atoms with Crippen LogP contribution in [0.15, 0.2) is 17.1 Å². The van der Waals surface area contributed by atoms with Gasteiger partial charge in [-0.1, -0.05) is 0 Å². The highest BCUT2D eigenvalue weighted by atomic mass is 19.2. The largest absolute Gasteiger partial charge is 0.477 e. The van der Waals surface area contributed by atoms with E-state index in [0.717, 1.165) is 6.07 Å². The number of halogens is 4. The van der Waals surface area contributed by atoms with Crippen molar-refractivity contribution in [3.05, 3.63) is 33.9 Å². The first-order chi connectivity index (χ1) is 13.3. The van der Waals surface area contributed by atoms with E-state index in [-0.39, 0.29) is 18.4 Å². The maximum Gasteiger partial charge on any atom is 0.341 e. The summed E-state index contributed by atoms with van der Waals surface area (Å²) >= 11 is 0. The molecule has 1 fully saturated rings. The summed E-state index contributed by atoms with van der Waals surface area (Å²) in [7, 11) is 0. The summed E-state index contributed by atoms with van der Waals surface area (Å²) < 4.78 is 56.2. The Labute approximate surface area is 156 Å². The number of fused-ring (bicyclic) bond motifs is 1. The molecule has 0 aliphatic carbocycles. The van der Waals surface area contributed by atoms with Gasteiger partial charge in [-0.3, -0.25) is 4.79 Å². The van der Waals surface area contributed by atoms with Crippen LogP contribution in [0.5, 0.6) is 0 Å². The lowest BCUT2D eigenvalue weighted by Gasteiger charge is -2.30. The minimum Gasteiger partial charge on any atom is -0.477 e. The number of carbonyl (C=O) groups is 1. The second-order valence-corrected chi connectivity index (χ2v) is 6.83. The zero-order valence-corrected chi connectivity index (χ0v) is 14.7. The van der Waals surface area contributed by atoms with Gasteiger partial charge in [-0.05, 0) is 12.5 Å². The van der Waals surface area contributed by atoms with Crippen molar-refractivity contribution in [3.8, 4) is 0 Å². The number of anilines is 1. The molecule has 3 rings (SSSR count). The van der Waals surface area contributed by atoms with Crippen LogP contribution in [0.1, 0.15) is 16.8 Å². The molecule has 11 heteroatoms. The summed E-state index contributed by atoms with van der Waals surface area (Å²) in [5.74, 6) is -2.82. The topological polar surface area (TPSA) is 101 Å². The van der Waals surface area contributed by atoms with Gasteiger partial charge in [0, 0.05) is 25.3 Å². The van der Waals surface area contributed by atoms with Gasteiger partial charge in [-0.15, -0.1) is 0 Å². The fraction of sp³-hybridized carbons (Fsp3) is 0.471. The van der Waals surface area contributed by atoms with Crippen molar-refractivity contribution in [1.82, 2.24) is 9.55 Å². The van der Waals surface area contributed by atoms with Crippen molar-refractivity contribution < 1.29 is 27.5 Å². The Balaban J connectivity index is 2.37. The fourth-order valence-corrected chi connectivity index (χ4v) is 3.23. The van der Waals surface area contributed by atoms with Crippen LogP contribution >= 0.6 is 0 Å². The lowest BCUT2D eigenvalue weighted by atomic mass is 10.0. The molecule has 3 N–H and O–H groups in total. The van der Waals surface area contributed by atoms with E-state index in [4.69, 9.17) is 5.73 Å². The van der Waals surface area contributed by atoms with Crippen molar-refractivity contribution in [1.29, 1.82) is 0 Å². The molecule has 1 aliphatic heterocycles. The second kappa shape index (κ2) is 7.38. The highest BCUT2D eigenvalue weighted by Crippen LogP contribution is 2.28. The van der Waals surface area contributed by atoms with Gasteiger partial charge >= 0.3 is 5.97 Å². The van der Waals surface area contributed by atoms with Gasteiger partial charge in [0.05, 0.1) is 5.39 Å². The number of aromatic carboxylic acids is 1. The standard InChI is InChI=1S/C17H18F4N4O3/c18-6-17(7-19,8-20)25-5-11(16(27)28)13(26)10-3-12(21)15(23-14(10)25)24-2-1-9(22)4-24/h3,5,9H,1-2,4,6-8,22H2,(H,27,28)/t9-/m0/s1.